The minimum absolute atomic E-state index is 0.00153. The summed E-state index contributed by atoms with van der Waals surface area (Å²) in [5, 5.41) is 2.54. The molecule has 1 rings (SSSR count). The van der Waals surface area contributed by atoms with Gasteiger partial charge in [0.2, 0.25) is 11.8 Å². The highest BCUT2D eigenvalue weighted by atomic mass is 19.4. The predicted molar refractivity (Wildman–Crippen MR) is 86.4 cm³/mol. The van der Waals surface area contributed by atoms with Crippen molar-refractivity contribution in [3.63, 3.8) is 0 Å². The monoisotopic (exact) mass is 396 g/mol. The summed E-state index contributed by atoms with van der Waals surface area (Å²) in [6.45, 7) is 3.12. The van der Waals surface area contributed by atoms with Crippen molar-refractivity contribution in [1.29, 1.82) is 0 Å². The average Bonchev–Trinajstić information content (AvgIpc) is 2.49. The molecule has 0 aliphatic carbocycles. The van der Waals surface area contributed by atoms with Gasteiger partial charge in [0.05, 0.1) is 17.7 Å². The van der Waals surface area contributed by atoms with Gasteiger partial charge in [0, 0.05) is 19.2 Å². The molecule has 0 radical (unpaired) electrons. The van der Waals surface area contributed by atoms with Crippen LogP contribution in [0.2, 0.25) is 0 Å². The molecule has 150 valence electrons. The number of alkyl halides is 6. The molecule has 0 atom stereocenters. The Kier molecular flexibility index (Phi) is 7.05. The zero-order chi connectivity index (χ0) is 21.0. The summed E-state index contributed by atoms with van der Waals surface area (Å²) < 4.78 is 76.8. The van der Waals surface area contributed by atoms with Crippen LogP contribution in [0.25, 0.3) is 6.08 Å². The summed E-state index contributed by atoms with van der Waals surface area (Å²) in [6.07, 6.45) is -8.30. The van der Waals surface area contributed by atoms with Gasteiger partial charge >= 0.3 is 12.4 Å². The standard InChI is InChI=1S/C17H18F6N2O2/c1-10(2)24-14(26)9-25(3)15(27)5-4-11-6-12(16(18,19)20)8-13(7-11)17(21,22)23/h4-8,10H,9H2,1-3H3,(H,24,26)/b5-4+. The number of halogens is 6. The van der Waals surface area contributed by atoms with Gasteiger partial charge in [-0.05, 0) is 43.7 Å². The smallest absolute Gasteiger partial charge is 0.352 e. The van der Waals surface area contributed by atoms with Crippen LogP contribution < -0.4 is 5.32 Å². The predicted octanol–water partition coefficient (Wildman–Crippen LogP) is 3.72. The maximum Gasteiger partial charge on any atom is 0.416 e. The summed E-state index contributed by atoms with van der Waals surface area (Å²) in [4.78, 5) is 24.5. The molecule has 27 heavy (non-hydrogen) atoms. The first kappa shape index (κ1) is 22.5. The fourth-order valence-corrected chi connectivity index (χ4v) is 2.03. The number of likely N-dealkylation sites (N-methyl/N-ethyl adjacent to an activating group) is 1. The van der Waals surface area contributed by atoms with Crippen LogP contribution in [0.4, 0.5) is 26.3 Å². The largest absolute Gasteiger partial charge is 0.416 e. The summed E-state index contributed by atoms with van der Waals surface area (Å²) in [6, 6.07) is 0.860. The Balaban J connectivity index is 3.02. The second-order valence-electron chi connectivity index (χ2n) is 6.09. The minimum Gasteiger partial charge on any atom is -0.352 e. The van der Waals surface area contributed by atoms with Crippen molar-refractivity contribution in [1.82, 2.24) is 10.2 Å². The van der Waals surface area contributed by atoms with Crippen LogP contribution >= 0.6 is 0 Å². The molecular weight excluding hydrogens is 378 g/mol. The van der Waals surface area contributed by atoms with Gasteiger partial charge in [0.25, 0.3) is 0 Å². The van der Waals surface area contributed by atoms with Crippen molar-refractivity contribution in [3.05, 3.63) is 41.0 Å². The van der Waals surface area contributed by atoms with E-state index in [1.165, 1.54) is 7.05 Å². The summed E-state index contributed by atoms with van der Waals surface area (Å²) in [5.74, 6) is -1.20. The lowest BCUT2D eigenvalue weighted by Crippen LogP contribution is -2.40. The Hall–Kier alpha value is -2.52. The fourth-order valence-electron chi connectivity index (χ4n) is 2.03. The van der Waals surface area contributed by atoms with E-state index >= 15 is 0 Å². The van der Waals surface area contributed by atoms with Crippen molar-refractivity contribution in [2.24, 2.45) is 0 Å². The highest BCUT2D eigenvalue weighted by Crippen LogP contribution is 2.36. The first-order chi connectivity index (χ1) is 12.2. The Bertz CT molecular complexity index is 691. The van der Waals surface area contributed by atoms with Gasteiger partial charge in [-0.25, -0.2) is 0 Å². The number of carbonyl (C=O) groups is 2. The molecule has 2 amide bonds. The normalized spacial score (nSPS) is 12.5. The maximum absolute atomic E-state index is 12.8. The lowest BCUT2D eigenvalue weighted by molar-refractivity contribution is -0.143. The number of benzene rings is 1. The summed E-state index contributed by atoms with van der Waals surface area (Å²) in [7, 11) is 1.28. The van der Waals surface area contributed by atoms with E-state index in [4.69, 9.17) is 0 Å². The van der Waals surface area contributed by atoms with Crippen LogP contribution in [0.5, 0.6) is 0 Å². The molecule has 0 saturated heterocycles. The van der Waals surface area contributed by atoms with Crippen LogP contribution in [-0.4, -0.2) is 36.3 Å². The Morgan fingerprint density at radius 1 is 1.04 bits per heavy atom. The van der Waals surface area contributed by atoms with E-state index in [1.807, 2.05) is 0 Å². The second kappa shape index (κ2) is 8.45. The van der Waals surface area contributed by atoms with Crippen molar-refractivity contribution in [2.45, 2.75) is 32.2 Å². The molecule has 0 heterocycles. The number of carbonyl (C=O) groups excluding carboxylic acids is 2. The van der Waals surface area contributed by atoms with Crippen LogP contribution in [-0.2, 0) is 21.9 Å². The number of amides is 2. The van der Waals surface area contributed by atoms with E-state index in [9.17, 15) is 35.9 Å². The maximum atomic E-state index is 12.8. The molecule has 1 aromatic carbocycles. The Morgan fingerprint density at radius 3 is 1.93 bits per heavy atom. The van der Waals surface area contributed by atoms with Crippen molar-refractivity contribution in [2.75, 3.05) is 13.6 Å². The molecule has 0 bridgehead atoms. The third kappa shape index (κ3) is 7.32. The van der Waals surface area contributed by atoms with Crippen LogP contribution in [0.1, 0.15) is 30.5 Å². The highest BCUT2D eigenvalue weighted by Gasteiger charge is 2.36. The van der Waals surface area contributed by atoms with Gasteiger partial charge in [0.1, 0.15) is 0 Å². The highest BCUT2D eigenvalue weighted by molar-refractivity contribution is 5.94. The number of hydrogen-bond donors (Lipinski definition) is 1. The fraction of sp³-hybridized carbons (Fsp3) is 0.412. The molecule has 10 heteroatoms. The van der Waals surface area contributed by atoms with Crippen molar-refractivity contribution in [3.8, 4) is 0 Å². The molecule has 4 nitrogen and oxygen atoms in total. The molecular formula is C17H18F6N2O2. The number of nitrogens with one attached hydrogen (secondary N) is 1. The molecule has 0 aliphatic heterocycles. The van der Waals surface area contributed by atoms with Crippen LogP contribution in [0, 0.1) is 0 Å². The molecule has 1 aromatic rings. The second-order valence-corrected chi connectivity index (χ2v) is 6.09. The Morgan fingerprint density at radius 2 is 1.52 bits per heavy atom. The Labute approximate surface area is 151 Å². The molecule has 0 aromatic heterocycles. The van der Waals surface area contributed by atoms with E-state index in [0.717, 1.165) is 17.1 Å². The third-order valence-corrected chi connectivity index (χ3v) is 3.24. The van der Waals surface area contributed by atoms with Gasteiger partial charge in [-0.15, -0.1) is 0 Å². The zero-order valence-corrected chi connectivity index (χ0v) is 14.7. The molecule has 0 spiro atoms. The molecule has 0 aliphatic rings. The van der Waals surface area contributed by atoms with E-state index in [-0.39, 0.29) is 18.7 Å². The quantitative estimate of drug-likeness (QED) is 0.609. The number of rotatable bonds is 5. The van der Waals surface area contributed by atoms with Gasteiger partial charge in [-0.2, -0.15) is 26.3 Å². The average molecular weight is 396 g/mol. The first-order valence-corrected chi connectivity index (χ1v) is 7.72. The third-order valence-electron chi connectivity index (χ3n) is 3.24. The molecule has 1 N–H and O–H groups in total. The van der Waals surface area contributed by atoms with E-state index in [2.05, 4.69) is 5.32 Å². The van der Waals surface area contributed by atoms with Crippen LogP contribution in [0.15, 0.2) is 24.3 Å². The van der Waals surface area contributed by atoms with Crippen molar-refractivity contribution < 1.29 is 35.9 Å². The van der Waals surface area contributed by atoms with Gasteiger partial charge in [0.15, 0.2) is 0 Å². The summed E-state index contributed by atoms with van der Waals surface area (Å²) >= 11 is 0. The van der Waals surface area contributed by atoms with Crippen LogP contribution in [0.3, 0.4) is 0 Å². The van der Waals surface area contributed by atoms with E-state index in [0.29, 0.717) is 12.1 Å². The molecule has 0 fully saturated rings. The van der Waals surface area contributed by atoms with E-state index in [1.54, 1.807) is 13.8 Å². The molecule has 0 saturated carbocycles. The van der Waals surface area contributed by atoms with Crippen molar-refractivity contribution >= 4 is 17.9 Å². The SMILES string of the molecule is CC(C)NC(=O)CN(C)C(=O)/C=C/c1cc(C(F)(F)F)cc(C(F)(F)F)c1. The summed E-state index contributed by atoms with van der Waals surface area (Å²) in [5.41, 5.74) is -3.39. The number of hydrogen-bond acceptors (Lipinski definition) is 2. The zero-order valence-electron chi connectivity index (χ0n) is 14.7. The van der Waals surface area contributed by atoms with Gasteiger partial charge in [-0.3, -0.25) is 9.59 Å². The topological polar surface area (TPSA) is 49.4 Å². The van der Waals surface area contributed by atoms with Gasteiger partial charge in [-0.1, -0.05) is 0 Å². The minimum atomic E-state index is -4.97. The lowest BCUT2D eigenvalue weighted by atomic mass is 10.0. The van der Waals surface area contributed by atoms with Gasteiger partial charge < -0.3 is 10.2 Å². The van der Waals surface area contributed by atoms with E-state index < -0.39 is 40.9 Å². The lowest BCUT2D eigenvalue weighted by Gasteiger charge is -2.16. The number of nitrogens with zero attached hydrogens (tertiary/aromatic N) is 1. The first-order valence-electron chi connectivity index (χ1n) is 7.72. The molecule has 0 unspecified atom stereocenters.